The summed E-state index contributed by atoms with van der Waals surface area (Å²) >= 11 is 0. The number of hydrogen-bond acceptors (Lipinski definition) is 4. The molecule has 0 bridgehead atoms. The number of rotatable bonds is 9. The predicted octanol–water partition coefficient (Wildman–Crippen LogP) is 2.73. The smallest absolute Gasteiger partial charge is 0.291 e. The van der Waals surface area contributed by atoms with E-state index in [1.165, 1.54) is 18.2 Å². The average molecular weight is 415 g/mol. The van der Waals surface area contributed by atoms with Crippen LogP contribution in [0.3, 0.4) is 0 Å². The summed E-state index contributed by atoms with van der Waals surface area (Å²) < 4.78 is 26.7. The first kappa shape index (κ1) is 21.4. The zero-order valence-corrected chi connectivity index (χ0v) is 16.5. The van der Waals surface area contributed by atoms with E-state index in [0.29, 0.717) is 31.5 Å². The van der Waals surface area contributed by atoms with Crippen LogP contribution in [-0.2, 0) is 11.2 Å². The SMILES string of the molecule is C[C@H](CCC1=CC=C(F)CC1NC=O)NC(=O)c1n[nH]c(Cc2cccc(F)c2)n1. The quantitative estimate of drug-likeness (QED) is 0.549. The average Bonchev–Trinajstić information content (AvgIpc) is 3.16. The number of aromatic nitrogens is 3. The largest absolute Gasteiger partial charge is 0.352 e. The topological polar surface area (TPSA) is 99.8 Å². The van der Waals surface area contributed by atoms with Crippen molar-refractivity contribution in [3.8, 4) is 0 Å². The second-order valence-corrected chi connectivity index (χ2v) is 7.22. The van der Waals surface area contributed by atoms with Crippen LogP contribution in [-0.4, -0.2) is 39.6 Å². The Morgan fingerprint density at radius 2 is 2.20 bits per heavy atom. The van der Waals surface area contributed by atoms with Gasteiger partial charge in [-0.25, -0.2) is 13.8 Å². The van der Waals surface area contributed by atoms with Crippen molar-refractivity contribution in [1.29, 1.82) is 0 Å². The van der Waals surface area contributed by atoms with Gasteiger partial charge >= 0.3 is 0 Å². The first-order valence-corrected chi connectivity index (χ1v) is 9.66. The lowest BCUT2D eigenvalue weighted by Gasteiger charge is -2.23. The maximum absolute atomic E-state index is 13.4. The van der Waals surface area contributed by atoms with Crippen LogP contribution in [0.25, 0.3) is 0 Å². The van der Waals surface area contributed by atoms with Crippen molar-refractivity contribution < 1.29 is 18.4 Å². The molecule has 7 nitrogen and oxygen atoms in total. The fourth-order valence-electron chi connectivity index (χ4n) is 3.27. The Morgan fingerprint density at radius 3 is 2.97 bits per heavy atom. The minimum absolute atomic E-state index is 0.00985. The van der Waals surface area contributed by atoms with E-state index in [1.54, 1.807) is 18.2 Å². The molecule has 0 aliphatic heterocycles. The molecule has 0 saturated carbocycles. The zero-order chi connectivity index (χ0) is 21.5. The molecule has 158 valence electrons. The van der Waals surface area contributed by atoms with Crippen molar-refractivity contribution in [2.24, 2.45) is 0 Å². The lowest BCUT2D eigenvalue weighted by molar-refractivity contribution is -0.110. The Hall–Kier alpha value is -3.36. The van der Waals surface area contributed by atoms with Crippen molar-refractivity contribution in [2.75, 3.05) is 0 Å². The van der Waals surface area contributed by atoms with Crippen molar-refractivity contribution in [1.82, 2.24) is 25.8 Å². The van der Waals surface area contributed by atoms with Gasteiger partial charge in [0.2, 0.25) is 12.2 Å². The highest BCUT2D eigenvalue weighted by atomic mass is 19.1. The molecule has 3 N–H and O–H groups in total. The van der Waals surface area contributed by atoms with Crippen molar-refractivity contribution in [2.45, 2.75) is 44.7 Å². The van der Waals surface area contributed by atoms with E-state index in [1.807, 2.05) is 6.92 Å². The zero-order valence-electron chi connectivity index (χ0n) is 16.5. The van der Waals surface area contributed by atoms with Crippen LogP contribution >= 0.6 is 0 Å². The summed E-state index contributed by atoms with van der Waals surface area (Å²) in [5.41, 5.74) is 1.62. The third kappa shape index (κ3) is 5.82. The van der Waals surface area contributed by atoms with Crippen LogP contribution < -0.4 is 10.6 Å². The number of allylic oxidation sites excluding steroid dienone is 2. The Balaban J connectivity index is 1.52. The van der Waals surface area contributed by atoms with E-state index < -0.39 is 5.91 Å². The summed E-state index contributed by atoms with van der Waals surface area (Å²) in [6, 6.07) is 5.58. The standard InChI is InChI=1S/C21H23F2N5O2/c1-13(5-6-15-7-8-17(23)11-18(15)24-12-29)25-21(30)20-26-19(27-28-20)10-14-3-2-4-16(22)9-14/h2-4,7-9,12-13,18H,5-6,10-11H2,1H3,(H,24,29)(H,25,30)(H,26,27,28)/t13-,18?/m1/s1. The molecule has 0 fully saturated rings. The van der Waals surface area contributed by atoms with E-state index >= 15 is 0 Å². The minimum atomic E-state index is -0.421. The molecule has 9 heteroatoms. The maximum atomic E-state index is 13.4. The summed E-state index contributed by atoms with van der Waals surface area (Å²) in [7, 11) is 0. The lowest BCUT2D eigenvalue weighted by atomic mass is 9.93. The third-order valence-corrected chi connectivity index (χ3v) is 4.83. The van der Waals surface area contributed by atoms with Crippen molar-refractivity contribution >= 4 is 12.3 Å². The second-order valence-electron chi connectivity index (χ2n) is 7.22. The first-order valence-electron chi connectivity index (χ1n) is 9.66. The molecule has 1 aliphatic carbocycles. The van der Waals surface area contributed by atoms with Gasteiger partial charge in [-0.05, 0) is 49.1 Å². The van der Waals surface area contributed by atoms with Crippen LogP contribution in [0.5, 0.6) is 0 Å². The fourth-order valence-corrected chi connectivity index (χ4v) is 3.27. The number of nitrogens with zero attached hydrogens (tertiary/aromatic N) is 2. The molecule has 1 aromatic heterocycles. The fraction of sp³-hybridized carbons (Fsp3) is 0.333. The molecule has 30 heavy (non-hydrogen) atoms. The highest BCUT2D eigenvalue weighted by Crippen LogP contribution is 2.23. The molecule has 2 aromatic rings. The third-order valence-electron chi connectivity index (χ3n) is 4.83. The Kier molecular flexibility index (Phi) is 7.05. The van der Waals surface area contributed by atoms with E-state index in [-0.39, 0.29) is 36.0 Å². The van der Waals surface area contributed by atoms with Gasteiger partial charge in [0.1, 0.15) is 17.5 Å². The summed E-state index contributed by atoms with van der Waals surface area (Å²) in [6.45, 7) is 1.85. The van der Waals surface area contributed by atoms with Gasteiger partial charge in [-0.15, -0.1) is 5.10 Å². The number of nitrogens with one attached hydrogen (secondary N) is 3. The van der Waals surface area contributed by atoms with Gasteiger partial charge in [0.05, 0.1) is 6.04 Å². The molecule has 2 atom stereocenters. The summed E-state index contributed by atoms with van der Waals surface area (Å²) in [6.07, 6.45) is 5.29. The number of H-pyrrole nitrogens is 1. The van der Waals surface area contributed by atoms with Crippen LogP contribution in [0.1, 0.15) is 48.2 Å². The second kappa shape index (κ2) is 9.91. The van der Waals surface area contributed by atoms with Crippen LogP contribution in [0, 0.1) is 5.82 Å². The number of carbonyl (C=O) groups excluding carboxylic acids is 2. The number of amides is 2. The molecular formula is C21H23F2N5O2. The molecule has 0 spiro atoms. The molecule has 1 aliphatic rings. The molecule has 0 radical (unpaired) electrons. The molecule has 3 rings (SSSR count). The summed E-state index contributed by atoms with van der Waals surface area (Å²) in [4.78, 5) is 27.3. The molecule has 1 heterocycles. The predicted molar refractivity (Wildman–Crippen MR) is 107 cm³/mol. The van der Waals surface area contributed by atoms with Crippen LogP contribution in [0.2, 0.25) is 0 Å². The summed E-state index contributed by atoms with van der Waals surface area (Å²) in [5, 5.41) is 12.1. The molecule has 2 amide bonds. The lowest BCUT2D eigenvalue weighted by Crippen LogP contribution is -2.35. The number of benzene rings is 1. The van der Waals surface area contributed by atoms with E-state index in [2.05, 4.69) is 25.8 Å². The normalized spacial score (nSPS) is 17.0. The molecule has 1 unspecified atom stereocenters. The number of halogens is 2. The first-order chi connectivity index (χ1) is 14.4. The Bertz CT molecular complexity index is 970. The monoisotopic (exact) mass is 415 g/mol. The number of aromatic amines is 1. The van der Waals surface area contributed by atoms with Gasteiger partial charge in [0.25, 0.3) is 5.91 Å². The molecular weight excluding hydrogens is 392 g/mol. The molecule has 1 aromatic carbocycles. The van der Waals surface area contributed by atoms with Gasteiger partial charge < -0.3 is 10.6 Å². The van der Waals surface area contributed by atoms with Gasteiger partial charge in [0.15, 0.2) is 0 Å². The van der Waals surface area contributed by atoms with Crippen LogP contribution in [0.15, 0.2) is 47.8 Å². The van der Waals surface area contributed by atoms with Gasteiger partial charge in [-0.3, -0.25) is 14.7 Å². The highest BCUT2D eigenvalue weighted by molar-refractivity contribution is 5.90. The van der Waals surface area contributed by atoms with E-state index in [0.717, 1.165) is 11.1 Å². The van der Waals surface area contributed by atoms with Gasteiger partial charge in [-0.1, -0.05) is 18.2 Å². The van der Waals surface area contributed by atoms with Gasteiger partial charge in [-0.2, -0.15) is 0 Å². The van der Waals surface area contributed by atoms with E-state index in [9.17, 15) is 18.4 Å². The van der Waals surface area contributed by atoms with Crippen molar-refractivity contribution in [3.05, 3.63) is 70.8 Å². The molecule has 0 saturated heterocycles. The highest BCUT2D eigenvalue weighted by Gasteiger charge is 2.20. The van der Waals surface area contributed by atoms with E-state index in [4.69, 9.17) is 0 Å². The van der Waals surface area contributed by atoms with Crippen molar-refractivity contribution in [3.63, 3.8) is 0 Å². The number of carbonyl (C=O) groups is 2. The Morgan fingerprint density at radius 1 is 1.37 bits per heavy atom. The summed E-state index contributed by atoms with van der Waals surface area (Å²) in [5.74, 6) is -0.567. The number of hydrogen-bond donors (Lipinski definition) is 3. The maximum Gasteiger partial charge on any atom is 0.291 e. The minimum Gasteiger partial charge on any atom is -0.352 e. The Labute approximate surface area is 172 Å². The van der Waals surface area contributed by atoms with Gasteiger partial charge in [0, 0.05) is 18.9 Å². The van der Waals surface area contributed by atoms with Crippen LogP contribution in [0.4, 0.5) is 8.78 Å².